The zero-order chi connectivity index (χ0) is 16.8. The molecule has 0 radical (unpaired) electrons. The molecule has 7 nitrogen and oxygen atoms in total. The van der Waals surface area contributed by atoms with Gasteiger partial charge in [-0.2, -0.15) is 0 Å². The third kappa shape index (κ3) is 3.06. The highest BCUT2D eigenvalue weighted by molar-refractivity contribution is 7.89. The Morgan fingerprint density at radius 3 is 2.74 bits per heavy atom. The quantitative estimate of drug-likeness (QED) is 0.758. The normalized spacial score (nSPS) is 22.9. The van der Waals surface area contributed by atoms with Crippen LogP contribution in [0.1, 0.15) is 31.7 Å². The molecular formula is C15H20N2O5S. The maximum Gasteiger partial charge on any atom is 0.417 e. The molecule has 0 saturated heterocycles. The molecule has 3 N–H and O–H groups in total. The van der Waals surface area contributed by atoms with Gasteiger partial charge in [-0.05, 0) is 43.7 Å². The van der Waals surface area contributed by atoms with Gasteiger partial charge in [0.15, 0.2) is 5.58 Å². The zero-order valence-electron chi connectivity index (χ0n) is 13.0. The predicted molar refractivity (Wildman–Crippen MR) is 84.7 cm³/mol. The van der Waals surface area contributed by atoms with Crippen molar-refractivity contribution in [2.45, 2.75) is 50.2 Å². The molecule has 2 aromatic rings. The maximum atomic E-state index is 12.7. The van der Waals surface area contributed by atoms with E-state index in [2.05, 4.69) is 9.71 Å². The predicted octanol–water partition coefficient (Wildman–Crippen LogP) is 1.26. The molecule has 0 bridgehead atoms. The number of oxazole rings is 1. The van der Waals surface area contributed by atoms with Crippen molar-refractivity contribution < 1.29 is 17.9 Å². The SMILES string of the molecule is CC[C@H](NS(=O)(=O)c1cc2oc(=O)[nH]c2cc1C)C1CC(O)C1. The summed E-state index contributed by atoms with van der Waals surface area (Å²) < 4.78 is 33.1. The molecule has 1 saturated carbocycles. The Bertz CT molecular complexity index is 877. The third-order valence-corrected chi connectivity index (χ3v) is 6.10. The number of sulfonamides is 1. The van der Waals surface area contributed by atoms with Gasteiger partial charge in [0, 0.05) is 12.1 Å². The molecule has 1 fully saturated rings. The molecule has 0 amide bonds. The van der Waals surface area contributed by atoms with Crippen molar-refractivity contribution in [3.05, 3.63) is 28.2 Å². The fourth-order valence-electron chi connectivity index (χ4n) is 3.11. The molecular weight excluding hydrogens is 320 g/mol. The van der Waals surface area contributed by atoms with Gasteiger partial charge >= 0.3 is 5.76 Å². The van der Waals surface area contributed by atoms with Crippen LogP contribution in [0, 0.1) is 12.8 Å². The average Bonchev–Trinajstić information content (AvgIpc) is 2.79. The zero-order valence-corrected chi connectivity index (χ0v) is 13.8. The van der Waals surface area contributed by atoms with Gasteiger partial charge in [0.1, 0.15) is 0 Å². The van der Waals surface area contributed by atoms with Crippen LogP contribution in [0.2, 0.25) is 0 Å². The highest BCUT2D eigenvalue weighted by Gasteiger charge is 2.35. The van der Waals surface area contributed by atoms with Crippen LogP contribution in [0.3, 0.4) is 0 Å². The number of aromatic nitrogens is 1. The summed E-state index contributed by atoms with van der Waals surface area (Å²) in [6, 6.07) is 2.74. The minimum absolute atomic E-state index is 0.103. The van der Waals surface area contributed by atoms with Crippen molar-refractivity contribution in [2.24, 2.45) is 5.92 Å². The summed E-state index contributed by atoms with van der Waals surface area (Å²) in [4.78, 5) is 13.8. The maximum absolute atomic E-state index is 12.7. The number of hydrogen-bond acceptors (Lipinski definition) is 5. The van der Waals surface area contributed by atoms with Crippen LogP contribution in [0.15, 0.2) is 26.2 Å². The lowest BCUT2D eigenvalue weighted by Crippen LogP contribution is -2.46. The fourth-order valence-corrected chi connectivity index (χ4v) is 4.74. The van der Waals surface area contributed by atoms with Gasteiger partial charge in [-0.3, -0.25) is 4.98 Å². The second kappa shape index (κ2) is 5.77. The number of aliphatic hydroxyl groups excluding tert-OH is 1. The molecule has 23 heavy (non-hydrogen) atoms. The topological polar surface area (TPSA) is 112 Å². The number of aliphatic hydroxyl groups is 1. The van der Waals surface area contributed by atoms with Crippen molar-refractivity contribution in [2.75, 3.05) is 0 Å². The van der Waals surface area contributed by atoms with Crippen molar-refractivity contribution in [1.29, 1.82) is 0 Å². The summed E-state index contributed by atoms with van der Waals surface area (Å²) in [5.41, 5.74) is 1.22. The summed E-state index contributed by atoms with van der Waals surface area (Å²) in [5.74, 6) is -0.462. The minimum atomic E-state index is -3.73. The Kier molecular flexibility index (Phi) is 4.07. The van der Waals surface area contributed by atoms with Crippen molar-refractivity contribution >= 4 is 21.1 Å². The number of aromatic amines is 1. The number of hydrogen-bond donors (Lipinski definition) is 3. The lowest BCUT2D eigenvalue weighted by Gasteiger charge is -2.37. The molecule has 8 heteroatoms. The minimum Gasteiger partial charge on any atom is -0.408 e. The van der Waals surface area contributed by atoms with E-state index in [0.717, 1.165) is 0 Å². The lowest BCUT2D eigenvalue weighted by molar-refractivity contribution is 0.0277. The molecule has 1 heterocycles. The Hall–Kier alpha value is -1.64. The van der Waals surface area contributed by atoms with E-state index >= 15 is 0 Å². The lowest BCUT2D eigenvalue weighted by atomic mass is 9.77. The van der Waals surface area contributed by atoms with Crippen molar-refractivity contribution in [3.63, 3.8) is 0 Å². The van der Waals surface area contributed by atoms with E-state index in [4.69, 9.17) is 4.42 Å². The van der Waals surface area contributed by atoms with Crippen LogP contribution < -0.4 is 10.5 Å². The van der Waals surface area contributed by atoms with E-state index in [9.17, 15) is 18.3 Å². The van der Waals surface area contributed by atoms with Gasteiger partial charge in [0.05, 0.1) is 16.5 Å². The number of nitrogens with one attached hydrogen (secondary N) is 2. The summed E-state index contributed by atoms with van der Waals surface area (Å²) in [6.07, 6.45) is 1.56. The van der Waals surface area contributed by atoms with Crippen LogP contribution in [-0.2, 0) is 10.0 Å². The second-order valence-electron chi connectivity index (χ2n) is 6.15. The van der Waals surface area contributed by atoms with Gasteiger partial charge in [-0.1, -0.05) is 6.92 Å². The first-order valence-corrected chi connectivity index (χ1v) is 9.12. The number of benzene rings is 1. The van der Waals surface area contributed by atoms with Gasteiger partial charge in [-0.25, -0.2) is 17.9 Å². The Balaban J connectivity index is 1.92. The van der Waals surface area contributed by atoms with Crippen LogP contribution in [0.25, 0.3) is 11.1 Å². The summed E-state index contributed by atoms with van der Waals surface area (Å²) >= 11 is 0. The summed E-state index contributed by atoms with van der Waals surface area (Å²) in [7, 11) is -3.73. The molecule has 0 spiro atoms. The van der Waals surface area contributed by atoms with E-state index in [-0.39, 0.29) is 28.5 Å². The average molecular weight is 340 g/mol. The van der Waals surface area contributed by atoms with Crippen LogP contribution in [0.5, 0.6) is 0 Å². The van der Waals surface area contributed by atoms with Gasteiger partial charge < -0.3 is 9.52 Å². The largest absolute Gasteiger partial charge is 0.417 e. The van der Waals surface area contributed by atoms with E-state index in [1.165, 1.54) is 6.07 Å². The second-order valence-corrected chi connectivity index (χ2v) is 7.83. The van der Waals surface area contributed by atoms with Crippen LogP contribution >= 0.6 is 0 Å². The molecule has 0 unspecified atom stereocenters. The fraction of sp³-hybridized carbons (Fsp3) is 0.533. The first kappa shape index (κ1) is 16.2. The highest BCUT2D eigenvalue weighted by atomic mass is 32.2. The third-order valence-electron chi connectivity index (χ3n) is 4.47. The number of aryl methyl sites for hydroxylation is 1. The Labute approximate surface area is 133 Å². The van der Waals surface area contributed by atoms with E-state index < -0.39 is 15.8 Å². The van der Waals surface area contributed by atoms with Gasteiger partial charge in [0.25, 0.3) is 0 Å². The molecule has 0 aliphatic heterocycles. The summed E-state index contributed by atoms with van der Waals surface area (Å²) in [6.45, 7) is 3.59. The molecule has 1 aromatic carbocycles. The van der Waals surface area contributed by atoms with Gasteiger partial charge in [-0.15, -0.1) is 0 Å². The monoisotopic (exact) mass is 340 g/mol. The van der Waals surface area contributed by atoms with E-state index in [1.54, 1.807) is 13.0 Å². The molecule has 3 rings (SSSR count). The first-order valence-electron chi connectivity index (χ1n) is 7.64. The van der Waals surface area contributed by atoms with Crippen LogP contribution in [0.4, 0.5) is 0 Å². The van der Waals surface area contributed by atoms with E-state index in [0.29, 0.717) is 30.3 Å². The van der Waals surface area contributed by atoms with Crippen molar-refractivity contribution in [1.82, 2.24) is 9.71 Å². The molecule has 1 aromatic heterocycles. The Morgan fingerprint density at radius 1 is 1.43 bits per heavy atom. The molecule has 1 atom stereocenters. The molecule has 126 valence electrons. The summed E-state index contributed by atoms with van der Waals surface area (Å²) in [5, 5.41) is 9.42. The number of H-pyrrole nitrogens is 1. The smallest absolute Gasteiger partial charge is 0.408 e. The molecule has 1 aliphatic carbocycles. The van der Waals surface area contributed by atoms with Crippen molar-refractivity contribution in [3.8, 4) is 0 Å². The number of fused-ring (bicyclic) bond motifs is 1. The van der Waals surface area contributed by atoms with Gasteiger partial charge in [0.2, 0.25) is 10.0 Å². The highest BCUT2D eigenvalue weighted by Crippen LogP contribution is 2.32. The Morgan fingerprint density at radius 2 is 2.13 bits per heavy atom. The van der Waals surface area contributed by atoms with Crippen LogP contribution in [-0.4, -0.2) is 30.7 Å². The first-order chi connectivity index (χ1) is 10.8. The number of rotatable bonds is 5. The molecule has 1 aliphatic rings. The van der Waals surface area contributed by atoms with E-state index in [1.807, 2.05) is 6.92 Å². The standard InChI is InChI=1S/C15H20N2O5S/c1-3-11(9-5-10(18)6-9)17-23(20,21)14-7-13-12(4-8(14)2)16-15(19)22-13/h4,7,9-11,17-18H,3,5-6H2,1-2H3,(H,16,19)/t9?,10?,11-/m0/s1.